The van der Waals surface area contributed by atoms with Crippen molar-refractivity contribution in [3.63, 3.8) is 0 Å². The lowest BCUT2D eigenvalue weighted by molar-refractivity contribution is 0.311. The molecule has 0 heterocycles. The van der Waals surface area contributed by atoms with Gasteiger partial charge in [0.1, 0.15) is 5.75 Å². The van der Waals surface area contributed by atoms with Crippen LogP contribution in [0.4, 0.5) is 0 Å². The van der Waals surface area contributed by atoms with E-state index in [1.54, 1.807) is 0 Å². The monoisotopic (exact) mass is 327 g/mol. The lowest BCUT2D eigenvalue weighted by atomic mass is 9.83. The highest BCUT2D eigenvalue weighted by molar-refractivity contribution is 9.10. The molecule has 0 fully saturated rings. The molecule has 0 saturated heterocycles. The molecule has 0 spiro atoms. The van der Waals surface area contributed by atoms with E-state index in [1.165, 1.54) is 5.56 Å². The average molecular weight is 328 g/mol. The summed E-state index contributed by atoms with van der Waals surface area (Å²) in [6, 6.07) is 6.39. The first-order chi connectivity index (χ1) is 8.98. The Balaban J connectivity index is 2.58. The van der Waals surface area contributed by atoms with E-state index < -0.39 is 0 Å². The third-order valence-corrected chi connectivity index (χ3v) is 3.99. The zero-order valence-corrected chi connectivity index (χ0v) is 13.9. The summed E-state index contributed by atoms with van der Waals surface area (Å²) >= 11 is 3.58. The number of aryl methyl sites for hydroxylation is 1. The van der Waals surface area contributed by atoms with Crippen LogP contribution in [-0.2, 0) is 6.42 Å². The van der Waals surface area contributed by atoms with Crippen molar-refractivity contribution in [3.8, 4) is 5.75 Å². The second-order valence-electron chi connectivity index (χ2n) is 5.82. The van der Waals surface area contributed by atoms with E-state index in [2.05, 4.69) is 54.9 Å². The van der Waals surface area contributed by atoms with Crippen LogP contribution in [0.5, 0.6) is 5.75 Å². The molecule has 0 atom stereocenters. The summed E-state index contributed by atoms with van der Waals surface area (Å²) < 4.78 is 6.71. The van der Waals surface area contributed by atoms with E-state index in [0.717, 1.165) is 49.1 Å². The van der Waals surface area contributed by atoms with Crippen LogP contribution >= 0.6 is 15.9 Å². The Kier molecular flexibility index (Phi) is 6.87. The van der Waals surface area contributed by atoms with Crippen molar-refractivity contribution in [1.29, 1.82) is 0 Å². The Morgan fingerprint density at radius 1 is 1.26 bits per heavy atom. The fraction of sp³-hybridized carbons (Fsp3) is 0.625. The molecule has 0 unspecified atom stereocenters. The largest absolute Gasteiger partial charge is 0.492 e. The quantitative estimate of drug-likeness (QED) is 0.760. The van der Waals surface area contributed by atoms with Crippen LogP contribution < -0.4 is 10.5 Å². The second-order valence-corrected chi connectivity index (χ2v) is 6.67. The zero-order chi connectivity index (χ0) is 14.3. The van der Waals surface area contributed by atoms with Crippen molar-refractivity contribution in [2.24, 2.45) is 11.1 Å². The first kappa shape index (κ1) is 16.5. The topological polar surface area (TPSA) is 35.2 Å². The van der Waals surface area contributed by atoms with Crippen LogP contribution in [-0.4, -0.2) is 13.2 Å². The maximum Gasteiger partial charge on any atom is 0.133 e. The van der Waals surface area contributed by atoms with Crippen molar-refractivity contribution >= 4 is 15.9 Å². The first-order valence-electron chi connectivity index (χ1n) is 7.10. The van der Waals surface area contributed by atoms with Crippen LogP contribution in [0.2, 0.25) is 0 Å². The Morgan fingerprint density at radius 2 is 2.00 bits per heavy atom. The lowest BCUT2D eigenvalue weighted by Gasteiger charge is -2.23. The van der Waals surface area contributed by atoms with Gasteiger partial charge in [-0.2, -0.15) is 0 Å². The van der Waals surface area contributed by atoms with Crippen molar-refractivity contribution in [2.75, 3.05) is 13.2 Å². The van der Waals surface area contributed by atoms with Gasteiger partial charge in [0.05, 0.1) is 11.1 Å². The number of hydrogen-bond acceptors (Lipinski definition) is 2. The normalized spacial score (nSPS) is 11.6. The van der Waals surface area contributed by atoms with Crippen molar-refractivity contribution in [2.45, 2.75) is 46.5 Å². The molecule has 0 bridgehead atoms. The Hall–Kier alpha value is -0.540. The fourth-order valence-electron chi connectivity index (χ4n) is 2.03. The first-order valence-corrected chi connectivity index (χ1v) is 7.89. The molecule has 1 aromatic carbocycles. The molecule has 19 heavy (non-hydrogen) atoms. The minimum absolute atomic E-state index is 0.318. The van der Waals surface area contributed by atoms with E-state index in [-0.39, 0.29) is 0 Å². The SMILES string of the molecule is CCCOc1ccc(CCC(C)(C)CCN)cc1Br. The summed E-state index contributed by atoms with van der Waals surface area (Å²) in [7, 11) is 0. The molecule has 1 rings (SSSR count). The minimum Gasteiger partial charge on any atom is -0.492 e. The maximum absolute atomic E-state index is 5.66. The smallest absolute Gasteiger partial charge is 0.133 e. The van der Waals surface area contributed by atoms with Gasteiger partial charge in [-0.15, -0.1) is 0 Å². The van der Waals surface area contributed by atoms with Gasteiger partial charge >= 0.3 is 0 Å². The highest BCUT2D eigenvalue weighted by Crippen LogP contribution is 2.30. The summed E-state index contributed by atoms with van der Waals surface area (Å²) in [5.41, 5.74) is 7.32. The predicted molar refractivity (Wildman–Crippen MR) is 85.7 cm³/mol. The van der Waals surface area contributed by atoms with E-state index >= 15 is 0 Å². The van der Waals surface area contributed by atoms with Crippen LogP contribution in [0.3, 0.4) is 0 Å². The van der Waals surface area contributed by atoms with Gasteiger partial charge in [-0.05, 0) is 71.3 Å². The van der Waals surface area contributed by atoms with Gasteiger partial charge in [0.2, 0.25) is 0 Å². The molecular formula is C16H26BrNO. The van der Waals surface area contributed by atoms with Gasteiger partial charge in [0.15, 0.2) is 0 Å². The third kappa shape index (κ3) is 5.96. The maximum atomic E-state index is 5.66. The molecular weight excluding hydrogens is 302 g/mol. The highest BCUT2D eigenvalue weighted by Gasteiger charge is 2.16. The van der Waals surface area contributed by atoms with Crippen LogP contribution in [0, 0.1) is 5.41 Å². The van der Waals surface area contributed by atoms with Gasteiger partial charge in [-0.1, -0.05) is 26.8 Å². The summed E-state index contributed by atoms with van der Waals surface area (Å²) in [6.45, 7) is 8.21. The van der Waals surface area contributed by atoms with Crippen molar-refractivity contribution in [1.82, 2.24) is 0 Å². The number of nitrogens with two attached hydrogens (primary N) is 1. The molecule has 2 N–H and O–H groups in total. The zero-order valence-electron chi connectivity index (χ0n) is 12.3. The number of benzene rings is 1. The van der Waals surface area contributed by atoms with Gasteiger partial charge in [0, 0.05) is 0 Å². The molecule has 1 aromatic rings. The molecule has 2 nitrogen and oxygen atoms in total. The number of ether oxygens (including phenoxy) is 1. The van der Waals surface area contributed by atoms with Crippen molar-refractivity contribution < 1.29 is 4.74 Å². The van der Waals surface area contributed by atoms with Crippen LogP contribution in [0.25, 0.3) is 0 Å². The molecule has 0 aliphatic rings. The molecule has 0 amide bonds. The number of rotatable bonds is 8. The Morgan fingerprint density at radius 3 is 2.58 bits per heavy atom. The molecule has 0 saturated carbocycles. The lowest BCUT2D eigenvalue weighted by Crippen LogP contribution is -2.17. The third-order valence-electron chi connectivity index (χ3n) is 3.37. The standard InChI is InChI=1S/C16H26BrNO/c1-4-11-19-15-6-5-13(12-14(15)17)7-8-16(2,3)9-10-18/h5-6,12H,4,7-11,18H2,1-3H3. The average Bonchev–Trinajstić information content (AvgIpc) is 2.35. The highest BCUT2D eigenvalue weighted by atomic mass is 79.9. The molecule has 3 heteroatoms. The summed E-state index contributed by atoms with van der Waals surface area (Å²) in [4.78, 5) is 0. The summed E-state index contributed by atoms with van der Waals surface area (Å²) in [5.74, 6) is 0.937. The molecule has 0 aliphatic heterocycles. The van der Waals surface area contributed by atoms with E-state index in [0.29, 0.717) is 5.41 Å². The molecule has 0 radical (unpaired) electrons. The predicted octanol–water partition coefficient (Wildman–Crippen LogP) is 4.55. The molecule has 0 aromatic heterocycles. The fourth-order valence-corrected chi connectivity index (χ4v) is 2.57. The van der Waals surface area contributed by atoms with Gasteiger partial charge in [-0.25, -0.2) is 0 Å². The second kappa shape index (κ2) is 7.91. The summed E-state index contributed by atoms with van der Waals surface area (Å²) in [5, 5.41) is 0. The van der Waals surface area contributed by atoms with Crippen LogP contribution in [0.15, 0.2) is 22.7 Å². The van der Waals surface area contributed by atoms with E-state index in [9.17, 15) is 0 Å². The van der Waals surface area contributed by atoms with E-state index in [1.807, 2.05) is 0 Å². The van der Waals surface area contributed by atoms with Crippen LogP contribution in [0.1, 0.15) is 45.6 Å². The summed E-state index contributed by atoms with van der Waals surface area (Å²) in [6.07, 6.45) is 4.35. The van der Waals surface area contributed by atoms with Gasteiger partial charge in [0.25, 0.3) is 0 Å². The number of halogens is 1. The van der Waals surface area contributed by atoms with Gasteiger partial charge in [-0.3, -0.25) is 0 Å². The van der Waals surface area contributed by atoms with E-state index in [4.69, 9.17) is 10.5 Å². The van der Waals surface area contributed by atoms with Crippen molar-refractivity contribution in [3.05, 3.63) is 28.2 Å². The van der Waals surface area contributed by atoms with Gasteiger partial charge < -0.3 is 10.5 Å². The minimum atomic E-state index is 0.318. The molecule has 0 aliphatic carbocycles. The Bertz CT molecular complexity index is 390. The number of hydrogen-bond donors (Lipinski definition) is 1. The Labute approximate surface area is 125 Å². The molecule has 108 valence electrons.